The lowest BCUT2D eigenvalue weighted by Gasteiger charge is -2.32. The Morgan fingerprint density at radius 2 is 1.00 bits per heavy atom. The number of pyridine rings is 1. The van der Waals surface area contributed by atoms with Crippen LogP contribution in [-0.4, -0.2) is 274 Å². The van der Waals surface area contributed by atoms with E-state index in [2.05, 4.69) is 10.3 Å². The van der Waals surface area contributed by atoms with Gasteiger partial charge in [-0.3, -0.25) is 48.6 Å². The topological polar surface area (TPSA) is 294 Å². The summed E-state index contributed by atoms with van der Waals surface area (Å²) in [6, 6.07) is 13.6. The van der Waals surface area contributed by atoms with Gasteiger partial charge in [-0.25, -0.2) is 0 Å². The van der Waals surface area contributed by atoms with Gasteiger partial charge in [-0.05, 0) is 36.4 Å². The van der Waals surface area contributed by atoms with Gasteiger partial charge in [0.05, 0.1) is 149 Å². The normalized spacial score (nSPS) is 14.3. The van der Waals surface area contributed by atoms with Crippen LogP contribution in [-0.2, 0) is 63.2 Å². The van der Waals surface area contributed by atoms with Crippen LogP contribution in [0.4, 0.5) is 18.9 Å². The van der Waals surface area contributed by atoms with E-state index in [-0.39, 0.29) is 112 Å². The largest absolute Gasteiger partial charge is 0.489 e. The molecule has 2 amide bonds. The molecule has 0 aliphatic carbocycles. The number of alkyl halides is 3. The molecule has 29 heteroatoms. The number of carbonyl (C=O) groups is 5. The highest BCUT2D eigenvalue weighted by atomic mass is 35.5. The second kappa shape index (κ2) is 40.2. The minimum atomic E-state index is -4.75. The third-order valence-electron chi connectivity index (χ3n) is 12.4. The maximum atomic E-state index is 13.6. The van der Waals surface area contributed by atoms with Gasteiger partial charge in [-0.2, -0.15) is 18.4 Å². The summed E-state index contributed by atoms with van der Waals surface area (Å²) in [5.41, 5.74) is -0.698. The smallest absolute Gasteiger partial charge is 0.433 e. The van der Waals surface area contributed by atoms with Crippen LogP contribution in [0.25, 0.3) is 11.1 Å². The number of hydrogen-bond donors (Lipinski definition) is 4. The molecule has 2 heterocycles. The molecule has 466 valence electrons. The van der Waals surface area contributed by atoms with Gasteiger partial charge in [0.15, 0.2) is 0 Å². The SMILES string of the molecule is CN(C(=O)c1ccc(Cl)c(-c2cnc(C(F)(F)F)cc2C#N)c1)c1ccccc1OCCOCCOCCOCCOCCOCCOCCOCCOCCNC(=O)CN1CCN(CC(=O)O)CCN(CC(=O)O)CCN(CC(=O)O)CC1. The number of nitrogens with zero attached hydrogens (tertiary/aromatic N) is 7. The number of para-hydroxylation sites is 2. The van der Waals surface area contributed by atoms with E-state index in [1.807, 2.05) is 4.90 Å². The molecule has 0 bridgehead atoms. The van der Waals surface area contributed by atoms with Crippen LogP contribution in [0, 0.1) is 11.3 Å². The molecule has 1 fully saturated rings. The summed E-state index contributed by atoms with van der Waals surface area (Å²) in [4.78, 5) is 72.6. The Kier molecular flexibility index (Phi) is 33.7. The lowest BCUT2D eigenvalue weighted by atomic mass is 9.99. The molecule has 1 aliphatic rings. The van der Waals surface area contributed by atoms with Crippen molar-refractivity contribution < 1.29 is 95.1 Å². The standard InChI is InChI=1S/C55H76ClF3N8O17/c1-63(54(75)42-6-7-46(56)44(34-42)45-37-62-49(55(57,58)59)35-43(45)36-60)47-4-2-3-5-48(47)84-33-32-83-31-30-82-29-28-81-27-26-80-25-24-79-23-22-78-21-20-77-19-18-76-17-8-61-50(68)38-64-9-11-65(39-51(69)70)13-15-67(41-53(73)74)16-14-66(12-10-64)40-52(71)72/h2-7,34-35,37H,8-33,38-41H2,1H3,(H,61,68)(H,69,70)(H,71,72)(H,73,74). The fourth-order valence-electron chi connectivity index (χ4n) is 8.10. The van der Waals surface area contributed by atoms with E-state index in [1.54, 1.807) is 52.1 Å². The van der Waals surface area contributed by atoms with E-state index in [4.69, 9.17) is 54.2 Å². The first-order valence-electron chi connectivity index (χ1n) is 27.2. The number of carboxylic acid groups (broad SMARTS) is 3. The average Bonchev–Trinajstić information content (AvgIpc) is 2.34. The molecule has 0 unspecified atom stereocenters. The minimum absolute atomic E-state index is 0.0110. The summed E-state index contributed by atoms with van der Waals surface area (Å²) in [6.45, 7) is 7.68. The monoisotopic (exact) mass is 1210 g/mol. The van der Waals surface area contributed by atoms with E-state index in [9.17, 15) is 57.7 Å². The van der Waals surface area contributed by atoms with Crippen molar-refractivity contribution in [2.75, 3.05) is 209 Å². The quantitative estimate of drug-likeness (QED) is 0.0597. The van der Waals surface area contributed by atoms with Crippen LogP contribution < -0.4 is 15.0 Å². The van der Waals surface area contributed by atoms with Crippen molar-refractivity contribution in [3.63, 3.8) is 0 Å². The number of hydrogen-bond acceptors (Lipinski definition) is 20. The number of carboxylic acids is 3. The molecule has 4 N–H and O–H groups in total. The highest BCUT2D eigenvalue weighted by Crippen LogP contribution is 2.36. The molecule has 1 aromatic heterocycles. The second-order valence-electron chi connectivity index (χ2n) is 18.6. The molecular formula is C55H76ClF3N8O17. The highest BCUT2D eigenvalue weighted by Gasteiger charge is 2.33. The number of nitrogens with one attached hydrogen (secondary N) is 1. The number of rotatable bonds is 39. The zero-order valence-electron chi connectivity index (χ0n) is 47.1. The van der Waals surface area contributed by atoms with Crippen LogP contribution in [0.1, 0.15) is 21.6 Å². The Morgan fingerprint density at radius 1 is 0.595 bits per heavy atom. The predicted molar refractivity (Wildman–Crippen MR) is 297 cm³/mol. The summed E-state index contributed by atoms with van der Waals surface area (Å²) in [7, 11) is 1.55. The van der Waals surface area contributed by atoms with Crippen molar-refractivity contribution in [2.45, 2.75) is 6.18 Å². The second-order valence-corrected chi connectivity index (χ2v) is 19.0. The Bertz CT molecular complexity index is 2490. The van der Waals surface area contributed by atoms with E-state index >= 15 is 0 Å². The van der Waals surface area contributed by atoms with Crippen molar-refractivity contribution in [3.05, 3.63) is 76.6 Å². The molecule has 2 aromatic carbocycles. The molecule has 0 spiro atoms. The molecule has 1 saturated heterocycles. The van der Waals surface area contributed by atoms with Crippen LogP contribution in [0.3, 0.4) is 0 Å². The van der Waals surface area contributed by atoms with Crippen LogP contribution in [0.2, 0.25) is 5.02 Å². The van der Waals surface area contributed by atoms with Crippen LogP contribution in [0.15, 0.2) is 54.7 Å². The fourth-order valence-corrected chi connectivity index (χ4v) is 8.32. The van der Waals surface area contributed by atoms with Gasteiger partial charge in [-0.1, -0.05) is 23.7 Å². The van der Waals surface area contributed by atoms with Gasteiger partial charge >= 0.3 is 24.1 Å². The number of carbonyl (C=O) groups excluding carboxylic acids is 2. The molecule has 0 saturated carbocycles. The van der Waals surface area contributed by atoms with Gasteiger partial charge in [-0.15, -0.1) is 0 Å². The molecular weight excluding hydrogens is 1140 g/mol. The number of ether oxygens (including phenoxy) is 9. The number of benzene rings is 2. The van der Waals surface area contributed by atoms with Crippen molar-refractivity contribution in [2.24, 2.45) is 0 Å². The van der Waals surface area contributed by atoms with E-state index < -0.39 is 35.7 Å². The molecule has 0 atom stereocenters. The van der Waals surface area contributed by atoms with E-state index in [1.165, 1.54) is 23.1 Å². The predicted octanol–water partition coefficient (Wildman–Crippen LogP) is 2.67. The van der Waals surface area contributed by atoms with Gasteiger partial charge in [0.2, 0.25) is 5.91 Å². The fraction of sp³-hybridized carbons (Fsp3) is 0.582. The first-order chi connectivity index (χ1) is 40.4. The Labute approximate surface area is 490 Å². The average molecular weight is 1210 g/mol. The zero-order valence-corrected chi connectivity index (χ0v) is 47.9. The first-order valence-corrected chi connectivity index (χ1v) is 27.5. The lowest BCUT2D eigenvalue weighted by Crippen LogP contribution is -2.50. The zero-order chi connectivity index (χ0) is 61.0. The summed E-state index contributed by atoms with van der Waals surface area (Å²) < 4.78 is 90.0. The van der Waals surface area contributed by atoms with Gasteiger partial charge in [0, 0.05) is 93.9 Å². The summed E-state index contributed by atoms with van der Waals surface area (Å²) in [5, 5.41) is 40.7. The van der Waals surface area contributed by atoms with Crippen LogP contribution >= 0.6 is 11.6 Å². The number of aliphatic carboxylic acids is 3. The first kappa shape index (κ1) is 70.3. The summed E-state index contributed by atoms with van der Waals surface area (Å²) in [5.74, 6) is -3.41. The van der Waals surface area contributed by atoms with E-state index in [0.717, 1.165) is 6.20 Å². The summed E-state index contributed by atoms with van der Waals surface area (Å²) in [6.07, 6.45) is -3.83. The molecule has 84 heavy (non-hydrogen) atoms. The number of halogens is 4. The Hall–Kier alpha value is -6.17. The summed E-state index contributed by atoms with van der Waals surface area (Å²) >= 11 is 6.37. The number of amides is 2. The molecule has 1 aliphatic heterocycles. The Balaban J connectivity index is 0.934. The number of nitriles is 1. The van der Waals surface area contributed by atoms with Crippen molar-refractivity contribution >= 4 is 47.0 Å². The van der Waals surface area contributed by atoms with Crippen molar-refractivity contribution in [1.82, 2.24) is 29.9 Å². The lowest BCUT2D eigenvalue weighted by molar-refractivity contribution is -0.141. The van der Waals surface area contributed by atoms with Gasteiger partial charge in [0.1, 0.15) is 18.1 Å². The third kappa shape index (κ3) is 28.6. The number of anilines is 1. The molecule has 3 aromatic rings. The molecule has 0 radical (unpaired) electrons. The van der Waals surface area contributed by atoms with Crippen molar-refractivity contribution in [1.29, 1.82) is 5.26 Å². The maximum Gasteiger partial charge on any atom is 0.433 e. The van der Waals surface area contributed by atoms with Crippen LogP contribution in [0.5, 0.6) is 5.75 Å². The Morgan fingerprint density at radius 3 is 1.42 bits per heavy atom. The van der Waals surface area contributed by atoms with Gasteiger partial charge < -0.3 is 68.2 Å². The van der Waals surface area contributed by atoms with E-state index in [0.29, 0.717) is 136 Å². The molecule has 4 rings (SSSR count). The third-order valence-corrected chi connectivity index (χ3v) is 12.7. The molecule has 25 nitrogen and oxygen atoms in total. The van der Waals surface area contributed by atoms with Crippen molar-refractivity contribution in [3.8, 4) is 22.9 Å². The number of aromatic nitrogens is 1. The van der Waals surface area contributed by atoms with Gasteiger partial charge in [0.25, 0.3) is 5.91 Å². The maximum absolute atomic E-state index is 13.6. The highest BCUT2D eigenvalue weighted by molar-refractivity contribution is 6.33. The minimum Gasteiger partial charge on any atom is -0.489 e.